The van der Waals surface area contributed by atoms with Gasteiger partial charge in [0, 0.05) is 18.3 Å². The fourth-order valence-corrected chi connectivity index (χ4v) is 3.02. The van der Waals surface area contributed by atoms with Crippen LogP contribution in [0.1, 0.15) is 19.4 Å². The van der Waals surface area contributed by atoms with Crippen LogP contribution in [0.2, 0.25) is 0 Å². The van der Waals surface area contributed by atoms with Gasteiger partial charge in [-0.15, -0.1) is 0 Å². The van der Waals surface area contributed by atoms with Crippen molar-refractivity contribution in [3.8, 4) is 0 Å². The fraction of sp³-hybridized carbons (Fsp3) is 0.462. The first-order valence-electron chi connectivity index (χ1n) is 6.47. The number of hydrogen-bond donors (Lipinski definition) is 3. The van der Waals surface area contributed by atoms with Crippen LogP contribution in [0.25, 0.3) is 0 Å². The molecule has 0 radical (unpaired) electrons. The number of sulfonamides is 1. The number of nitrogens with two attached hydrogens (primary N) is 1. The third kappa shape index (κ3) is 3.17. The lowest BCUT2D eigenvalue weighted by atomic mass is 10.1. The van der Waals surface area contributed by atoms with E-state index in [2.05, 4.69) is 10.0 Å². The summed E-state index contributed by atoms with van der Waals surface area (Å²) in [7, 11) is -3.60. The van der Waals surface area contributed by atoms with Crippen LogP contribution in [0.4, 0.5) is 5.69 Å². The summed E-state index contributed by atoms with van der Waals surface area (Å²) >= 11 is 0. The highest BCUT2D eigenvalue weighted by Gasteiger charge is 2.22. The van der Waals surface area contributed by atoms with Gasteiger partial charge in [-0.25, -0.2) is 13.1 Å². The summed E-state index contributed by atoms with van der Waals surface area (Å²) in [4.78, 5) is 11.4. The third-order valence-electron chi connectivity index (χ3n) is 3.38. The predicted octanol–water partition coefficient (Wildman–Crippen LogP) is 0.443. The molecular formula is C13H19N3O3S. The predicted molar refractivity (Wildman–Crippen MR) is 76.8 cm³/mol. The van der Waals surface area contributed by atoms with E-state index < -0.39 is 10.0 Å². The Morgan fingerprint density at radius 2 is 2.10 bits per heavy atom. The average molecular weight is 297 g/mol. The molecule has 6 nitrogen and oxygen atoms in total. The molecule has 0 spiro atoms. The SMILES string of the molecule is CC(C)C(N)CNS(=O)(=O)c1ccc2c(c1)CC(=O)N2. The molecule has 2 rings (SSSR count). The highest BCUT2D eigenvalue weighted by molar-refractivity contribution is 7.89. The zero-order chi connectivity index (χ0) is 14.9. The molecule has 1 aromatic carbocycles. The van der Waals surface area contributed by atoms with Gasteiger partial charge in [-0.1, -0.05) is 13.8 Å². The summed E-state index contributed by atoms with van der Waals surface area (Å²) in [6.07, 6.45) is 0.213. The second-order valence-electron chi connectivity index (χ2n) is 5.30. The summed E-state index contributed by atoms with van der Waals surface area (Å²) in [5.41, 5.74) is 7.20. The molecule has 0 aromatic heterocycles. The standard InChI is InChI=1S/C13H19N3O3S/c1-8(2)11(14)7-15-20(18,19)10-3-4-12-9(5-10)6-13(17)16-12/h3-5,8,11,15H,6-7,14H2,1-2H3,(H,16,17). The molecule has 1 atom stereocenters. The van der Waals surface area contributed by atoms with Crippen LogP contribution in [-0.2, 0) is 21.2 Å². The summed E-state index contributed by atoms with van der Waals surface area (Å²) in [6, 6.07) is 4.38. The summed E-state index contributed by atoms with van der Waals surface area (Å²) in [5, 5.41) is 2.67. The maximum Gasteiger partial charge on any atom is 0.240 e. The highest BCUT2D eigenvalue weighted by atomic mass is 32.2. The molecule has 4 N–H and O–H groups in total. The minimum Gasteiger partial charge on any atom is -0.326 e. The van der Waals surface area contributed by atoms with Crippen molar-refractivity contribution >= 4 is 21.6 Å². The molecule has 0 fully saturated rings. The van der Waals surface area contributed by atoms with E-state index in [4.69, 9.17) is 5.73 Å². The van der Waals surface area contributed by atoms with Crippen molar-refractivity contribution in [2.24, 2.45) is 11.7 Å². The molecule has 1 aliphatic heterocycles. The Kier molecular flexibility index (Phi) is 4.12. The number of carbonyl (C=O) groups is 1. The molecule has 1 aromatic rings. The summed E-state index contributed by atoms with van der Waals surface area (Å²) in [5.74, 6) is 0.0730. The topological polar surface area (TPSA) is 101 Å². The van der Waals surface area contributed by atoms with Crippen molar-refractivity contribution in [3.05, 3.63) is 23.8 Å². The number of amides is 1. The summed E-state index contributed by atoms with van der Waals surface area (Å²) < 4.78 is 26.8. The van der Waals surface area contributed by atoms with Crippen molar-refractivity contribution < 1.29 is 13.2 Å². The monoisotopic (exact) mass is 297 g/mol. The minimum absolute atomic E-state index is 0.121. The number of carbonyl (C=O) groups excluding carboxylic acids is 1. The molecular weight excluding hydrogens is 278 g/mol. The molecule has 1 amide bonds. The second-order valence-corrected chi connectivity index (χ2v) is 7.07. The van der Waals surface area contributed by atoms with Crippen LogP contribution in [-0.4, -0.2) is 26.9 Å². The lowest BCUT2D eigenvalue weighted by Crippen LogP contribution is -2.40. The number of hydrogen-bond acceptors (Lipinski definition) is 4. The first-order chi connectivity index (χ1) is 9.29. The quantitative estimate of drug-likeness (QED) is 0.734. The van der Waals surface area contributed by atoms with Crippen molar-refractivity contribution in [1.82, 2.24) is 4.72 Å². The Morgan fingerprint density at radius 3 is 2.75 bits per heavy atom. The molecule has 1 heterocycles. The maximum atomic E-state index is 12.2. The van der Waals surface area contributed by atoms with E-state index in [9.17, 15) is 13.2 Å². The molecule has 20 heavy (non-hydrogen) atoms. The Hall–Kier alpha value is -1.44. The zero-order valence-electron chi connectivity index (χ0n) is 11.5. The van der Waals surface area contributed by atoms with Gasteiger partial charge in [0.25, 0.3) is 0 Å². The van der Waals surface area contributed by atoms with E-state index in [1.54, 1.807) is 6.07 Å². The van der Waals surface area contributed by atoms with Gasteiger partial charge >= 0.3 is 0 Å². The van der Waals surface area contributed by atoms with Gasteiger partial charge in [0.1, 0.15) is 0 Å². The van der Waals surface area contributed by atoms with Crippen molar-refractivity contribution in [2.75, 3.05) is 11.9 Å². The lowest BCUT2D eigenvalue weighted by molar-refractivity contribution is -0.115. The number of nitrogens with one attached hydrogen (secondary N) is 2. The number of anilines is 1. The number of rotatable bonds is 5. The van der Waals surface area contributed by atoms with E-state index in [0.29, 0.717) is 11.3 Å². The largest absolute Gasteiger partial charge is 0.326 e. The van der Waals surface area contributed by atoms with Crippen LogP contribution in [0, 0.1) is 5.92 Å². The maximum absolute atomic E-state index is 12.2. The first-order valence-corrected chi connectivity index (χ1v) is 7.96. The van der Waals surface area contributed by atoms with Gasteiger partial charge in [-0.05, 0) is 29.7 Å². The number of fused-ring (bicyclic) bond motifs is 1. The van der Waals surface area contributed by atoms with Gasteiger partial charge in [0.15, 0.2) is 0 Å². The van der Waals surface area contributed by atoms with Gasteiger partial charge in [0.05, 0.1) is 11.3 Å². The van der Waals surface area contributed by atoms with Crippen molar-refractivity contribution in [2.45, 2.75) is 31.2 Å². The smallest absolute Gasteiger partial charge is 0.240 e. The Morgan fingerprint density at radius 1 is 1.40 bits per heavy atom. The van der Waals surface area contributed by atoms with E-state index in [-0.39, 0.29) is 35.7 Å². The lowest BCUT2D eigenvalue weighted by Gasteiger charge is -2.16. The average Bonchev–Trinajstić information content (AvgIpc) is 2.74. The second kappa shape index (κ2) is 5.51. The van der Waals surface area contributed by atoms with Crippen molar-refractivity contribution in [3.63, 3.8) is 0 Å². The van der Waals surface area contributed by atoms with E-state index >= 15 is 0 Å². The van der Waals surface area contributed by atoms with Crippen LogP contribution in [0.3, 0.4) is 0 Å². The third-order valence-corrected chi connectivity index (χ3v) is 4.80. The molecule has 1 aliphatic rings. The van der Waals surface area contributed by atoms with Crippen molar-refractivity contribution in [1.29, 1.82) is 0 Å². The normalized spacial score (nSPS) is 16.1. The molecule has 7 heteroatoms. The Balaban J connectivity index is 2.15. The number of benzene rings is 1. The van der Waals surface area contributed by atoms with E-state index in [1.807, 2.05) is 13.8 Å². The molecule has 0 saturated carbocycles. The molecule has 110 valence electrons. The fourth-order valence-electron chi connectivity index (χ4n) is 1.90. The van der Waals surface area contributed by atoms with Gasteiger partial charge in [-0.2, -0.15) is 0 Å². The first kappa shape index (κ1) is 15.0. The minimum atomic E-state index is -3.60. The molecule has 1 unspecified atom stereocenters. The van der Waals surface area contributed by atoms with Crippen LogP contribution < -0.4 is 15.8 Å². The van der Waals surface area contributed by atoms with Crippen LogP contribution in [0.5, 0.6) is 0 Å². The van der Waals surface area contributed by atoms with E-state index in [0.717, 1.165) is 0 Å². The Labute approximate surface area is 118 Å². The van der Waals surface area contributed by atoms with Gasteiger partial charge in [-0.3, -0.25) is 4.79 Å². The molecule has 0 bridgehead atoms. The summed E-state index contributed by atoms with van der Waals surface area (Å²) in [6.45, 7) is 4.06. The van der Waals surface area contributed by atoms with Gasteiger partial charge in [0.2, 0.25) is 15.9 Å². The molecule has 0 saturated heterocycles. The highest BCUT2D eigenvalue weighted by Crippen LogP contribution is 2.25. The van der Waals surface area contributed by atoms with Gasteiger partial charge < -0.3 is 11.1 Å². The zero-order valence-corrected chi connectivity index (χ0v) is 12.3. The molecule has 0 aliphatic carbocycles. The van der Waals surface area contributed by atoms with E-state index in [1.165, 1.54) is 12.1 Å². The Bertz CT molecular complexity index is 626. The van der Waals surface area contributed by atoms with Crippen LogP contribution >= 0.6 is 0 Å². The van der Waals surface area contributed by atoms with Crippen LogP contribution in [0.15, 0.2) is 23.1 Å².